The van der Waals surface area contributed by atoms with E-state index in [0.29, 0.717) is 0 Å². The number of fused-ring (bicyclic) bond motifs is 3. The van der Waals surface area contributed by atoms with Crippen molar-refractivity contribution in [2.45, 2.75) is 33.2 Å². The molecular formula is C20H21ClN2S. The highest BCUT2D eigenvalue weighted by atomic mass is 35.5. The molecule has 0 radical (unpaired) electrons. The highest BCUT2D eigenvalue weighted by Gasteiger charge is 2.14. The lowest BCUT2D eigenvalue weighted by atomic mass is 10.1. The highest BCUT2D eigenvalue weighted by Crippen LogP contribution is 2.33. The first-order valence-electron chi connectivity index (χ1n) is 8.18. The van der Waals surface area contributed by atoms with Gasteiger partial charge in [0.15, 0.2) is 0 Å². The number of thiazole rings is 1. The van der Waals surface area contributed by atoms with E-state index in [0.717, 1.165) is 24.4 Å². The summed E-state index contributed by atoms with van der Waals surface area (Å²) in [5.41, 5.74) is 5.25. The summed E-state index contributed by atoms with van der Waals surface area (Å²) in [5, 5.41) is 2.45. The third-order valence-electron chi connectivity index (χ3n) is 4.44. The van der Waals surface area contributed by atoms with Crippen LogP contribution in [0, 0.1) is 6.92 Å². The maximum Gasteiger partial charge on any atom is 0.124 e. The number of hydrogen-bond donors (Lipinski definition) is 0. The first-order chi connectivity index (χ1) is 11.3. The summed E-state index contributed by atoms with van der Waals surface area (Å²) in [4.78, 5) is 6.10. The normalized spacial score (nSPS) is 11.1. The molecule has 124 valence electrons. The number of aromatic nitrogens is 2. The largest absolute Gasteiger partial charge is 0.330 e. The molecular weight excluding hydrogens is 336 g/mol. The number of hydrogen-bond acceptors (Lipinski definition) is 2. The fraction of sp³-hybridized carbons (Fsp3) is 0.250. The van der Waals surface area contributed by atoms with Gasteiger partial charge in [0, 0.05) is 11.9 Å². The summed E-state index contributed by atoms with van der Waals surface area (Å²) in [5.74, 6) is 0. The van der Waals surface area contributed by atoms with E-state index < -0.39 is 0 Å². The number of rotatable bonds is 4. The Kier molecular flexibility index (Phi) is 4.93. The van der Waals surface area contributed by atoms with E-state index in [1.807, 2.05) is 0 Å². The average molecular weight is 357 g/mol. The molecule has 0 atom stereocenters. The standard InChI is InChI=1S/C20H20N2S.ClH/c1-3-15-9-10-18-17(13-15)19-20(23-14(2)21-19)22(18)12-11-16-7-5-4-6-8-16;/h4-10,13H,3,11-12H2,1-2H3;1H. The maximum atomic E-state index is 4.79. The van der Waals surface area contributed by atoms with E-state index >= 15 is 0 Å². The molecule has 0 unspecified atom stereocenters. The Morgan fingerprint density at radius 3 is 2.58 bits per heavy atom. The minimum atomic E-state index is 0. The van der Waals surface area contributed by atoms with Gasteiger partial charge in [0.2, 0.25) is 0 Å². The second kappa shape index (κ2) is 6.96. The molecule has 2 aromatic heterocycles. The summed E-state index contributed by atoms with van der Waals surface area (Å²) in [7, 11) is 0. The SMILES string of the molecule is CCc1ccc2c(c1)c1nc(C)sc1n2CCc1ccccc1.Cl. The summed E-state index contributed by atoms with van der Waals surface area (Å²) in [6.07, 6.45) is 2.11. The van der Waals surface area contributed by atoms with Gasteiger partial charge in [-0.3, -0.25) is 0 Å². The van der Waals surface area contributed by atoms with Crippen molar-refractivity contribution in [1.29, 1.82) is 0 Å². The molecule has 4 heteroatoms. The second-order valence-corrected chi connectivity index (χ2v) is 7.16. The Labute approximate surface area is 152 Å². The van der Waals surface area contributed by atoms with Crippen molar-refractivity contribution in [3.63, 3.8) is 0 Å². The van der Waals surface area contributed by atoms with Crippen LogP contribution in [-0.2, 0) is 19.4 Å². The van der Waals surface area contributed by atoms with Gasteiger partial charge in [0.05, 0.1) is 10.5 Å². The lowest BCUT2D eigenvalue weighted by molar-refractivity contribution is 0.748. The Morgan fingerprint density at radius 2 is 1.83 bits per heavy atom. The highest BCUT2D eigenvalue weighted by molar-refractivity contribution is 7.18. The second-order valence-electron chi connectivity index (χ2n) is 5.98. The molecule has 0 fully saturated rings. The Balaban J connectivity index is 0.00000169. The molecule has 0 aliphatic carbocycles. The van der Waals surface area contributed by atoms with Crippen LogP contribution in [0.15, 0.2) is 48.5 Å². The molecule has 0 bridgehead atoms. The van der Waals surface area contributed by atoms with E-state index in [1.54, 1.807) is 11.3 Å². The summed E-state index contributed by atoms with van der Waals surface area (Å²) >= 11 is 1.80. The van der Waals surface area contributed by atoms with Crippen LogP contribution in [0.1, 0.15) is 23.1 Å². The zero-order valence-electron chi connectivity index (χ0n) is 14.0. The third-order valence-corrected chi connectivity index (χ3v) is 5.44. The molecule has 2 aromatic carbocycles. The fourth-order valence-corrected chi connectivity index (χ4v) is 4.19. The van der Waals surface area contributed by atoms with Gasteiger partial charge in [-0.05, 0) is 43.0 Å². The van der Waals surface area contributed by atoms with Crippen molar-refractivity contribution in [3.8, 4) is 0 Å². The van der Waals surface area contributed by atoms with Gasteiger partial charge < -0.3 is 4.57 Å². The molecule has 0 aliphatic heterocycles. The average Bonchev–Trinajstić information content (AvgIpc) is 3.09. The summed E-state index contributed by atoms with van der Waals surface area (Å²) in [6, 6.07) is 17.5. The zero-order chi connectivity index (χ0) is 15.8. The van der Waals surface area contributed by atoms with Crippen LogP contribution in [-0.4, -0.2) is 9.55 Å². The van der Waals surface area contributed by atoms with Crippen molar-refractivity contribution in [1.82, 2.24) is 9.55 Å². The maximum absolute atomic E-state index is 4.79. The first kappa shape index (κ1) is 17.0. The minimum absolute atomic E-state index is 0. The number of benzene rings is 2. The Morgan fingerprint density at radius 1 is 1.04 bits per heavy atom. The molecule has 4 rings (SSSR count). The predicted molar refractivity (Wildman–Crippen MR) is 107 cm³/mol. The molecule has 2 nitrogen and oxygen atoms in total. The predicted octanol–water partition coefficient (Wildman–Crippen LogP) is 5.79. The van der Waals surface area contributed by atoms with Crippen molar-refractivity contribution in [2.75, 3.05) is 0 Å². The molecule has 2 heterocycles. The molecule has 0 saturated carbocycles. The smallest absolute Gasteiger partial charge is 0.124 e. The van der Waals surface area contributed by atoms with Crippen LogP contribution in [0.4, 0.5) is 0 Å². The van der Waals surface area contributed by atoms with E-state index in [1.165, 1.54) is 32.4 Å². The van der Waals surface area contributed by atoms with E-state index in [9.17, 15) is 0 Å². The third kappa shape index (κ3) is 2.94. The van der Waals surface area contributed by atoms with Crippen LogP contribution in [0.2, 0.25) is 0 Å². The fourth-order valence-electron chi connectivity index (χ4n) is 3.22. The number of halogens is 1. The van der Waals surface area contributed by atoms with Gasteiger partial charge in [-0.25, -0.2) is 4.98 Å². The van der Waals surface area contributed by atoms with E-state index in [-0.39, 0.29) is 12.4 Å². The van der Waals surface area contributed by atoms with Crippen molar-refractivity contribution >= 4 is 45.0 Å². The molecule has 0 saturated heterocycles. The summed E-state index contributed by atoms with van der Waals surface area (Å²) < 4.78 is 2.45. The van der Waals surface area contributed by atoms with Crippen molar-refractivity contribution < 1.29 is 0 Å². The first-order valence-corrected chi connectivity index (χ1v) is 9.00. The van der Waals surface area contributed by atoms with Gasteiger partial charge in [-0.1, -0.05) is 43.3 Å². The molecule has 4 aromatic rings. The number of nitrogens with zero attached hydrogens (tertiary/aromatic N) is 2. The molecule has 24 heavy (non-hydrogen) atoms. The van der Waals surface area contributed by atoms with Gasteiger partial charge in [0.1, 0.15) is 10.3 Å². The van der Waals surface area contributed by atoms with E-state index in [2.05, 4.69) is 66.9 Å². The minimum Gasteiger partial charge on any atom is -0.330 e. The topological polar surface area (TPSA) is 17.8 Å². The quantitative estimate of drug-likeness (QED) is 0.452. The van der Waals surface area contributed by atoms with Crippen LogP contribution in [0.3, 0.4) is 0 Å². The molecule has 0 amide bonds. The number of aryl methyl sites for hydroxylation is 4. The van der Waals surface area contributed by atoms with Crippen molar-refractivity contribution in [3.05, 3.63) is 64.7 Å². The molecule has 0 N–H and O–H groups in total. The Hall–Kier alpha value is -1.84. The van der Waals surface area contributed by atoms with Gasteiger partial charge in [-0.15, -0.1) is 23.7 Å². The lowest BCUT2D eigenvalue weighted by Crippen LogP contribution is -2.00. The summed E-state index contributed by atoms with van der Waals surface area (Å²) in [6.45, 7) is 5.30. The van der Waals surface area contributed by atoms with E-state index in [4.69, 9.17) is 4.98 Å². The van der Waals surface area contributed by atoms with Crippen molar-refractivity contribution in [2.24, 2.45) is 0 Å². The Bertz CT molecular complexity index is 970. The van der Waals surface area contributed by atoms with Crippen LogP contribution in [0.25, 0.3) is 21.3 Å². The van der Waals surface area contributed by atoms with Crippen LogP contribution in [0.5, 0.6) is 0 Å². The van der Waals surface area contributed by atoms with Crippen LogP contribution >= 0.6 is 23.7 Å². The zero-order valence-corrected chi connectivity index (χ0v) is 15.6. The molecule has 0 aliphatic rings. The molecule has 0 spiro atoms. The van der Waals surface area contributed by atoms with Gasteiger partial charge >= 0.3 is 0 Å². The van der Waals surface area contributed by atoms with Gasteiger partial charge in [0.25, 0.3) is 0 Å². The van der Waals surface area contributed by atoms with Gasteiger partial charge in [-0.2, -0.15) is 0 Å². The van der Waals surface area contributed by atoms with Crippen LogP contribution < -0.4 is 0 Å². The monoisotopic (exact) mass is 356 g/mol. The lowest BCUT2D eigenvalue weighted by Gasteiger charge is -2.07.